The summed E-state index contributed by atoms with van der Waals surface area (Å²) >= 11 is 12.9. The standard InChI is InChI=1S/C23H21Cl2NO4S2/c24-17-5-2-7-19(15-17)30-18-6-1-4-16(14-18)9-10-21(27)20-8-3-13-26(20)32(28,29)23-12-11-22(25)31-23/h1-2,4-7,11-12,14-15,20H,3,8-10,13H2/t20-/m0/s1. The second-order valence-electron chi connectivity index (χ2n) is 7.51. The Bertz CT molecular complexity index is 1230. The van der Waals surface area contributed by atoms with Crippen LogP contribution in [0.15, 0.2) is 64.9 Å². The zero-order chi connectivity index (χ0) is 22.7. The molecular formula is C23H21Cl2NO4S2. The van der Waals surface area contributed by atoms with E-state index in [0.29, 0.717) is 46.7 Å². The summed E-state index contributed by atoms with van der Waals surface area (Å²) in [6, 6.07) is 17.1. The minimum atomic E-state index is -3.72. The van der Waals surface area contributed by atoms with Crippen LogP contribution in [0.5, 0.6) is 11.5 Å². The largest absolute Gasteiger partial charge is 0.457 e. The Morgan fingerprint density at radius 1 is 1.06 bits per heavy atom. The maximum Gasteiger partial charge on any atom is 0.253 e. The first-order chi connectivity index (χ1) is 15.3. The van der Waals surface area contributed by atoms with Crippen LogP contribution in [-0.2, 0) is 21.2 Å². The molecule has 0 spiro atoms. The molecule has 2 heterocycles. The third kappa shape index (κ3) is 5.35. The highest BCUT2D eigenvalue weighted by molar-refractivity contribution is 7.91. The van der Waals surface area contributed by atoms with Crippen LogP contribution >= 0.6 is 34.5 Å². The van der Waals surface area contributed by atoms with Crippen molar-refractivity contribution in [3.63, 3.8) is 0 Å². The molecule has 5 nitrogen and oxygen atoms in total. The lowest BCUT2D eigenvalue weighted by Crippen LogP contribution is -2.40. The molecule has 0 radical (unpaired) electrons. The van der Waals surface area contributed by atoms with Crippen LogP contribution in [0.4, 0.5) is 0 Å². The van der Waals surface area contributed by atoms with Crippen molar-refractivity contribution < 1.29 is 17.9 Å². The number of carbonyl (C=O) groups excluding carboxylic acids is 1. The van der Waals surface area contributed by atoms with Gasteiger partial charge in [-0.2, -0.15) is 4.31 Å². The van der Waals surface area contributed by atoms with Crippen molar-refractivity contribution in [2.24, 2.45) is 0 Å². The number of carbonyl (C=O) groups is 1. The predicted molar refractivity (Wildman–Crippen MR) is 128 cm³/mol. The summed E-state index contributed by atoms with van der Waals surface area (Å²) in [6.07, 6.45) is 1.95. The van der Waals surface area contributed by atoms with Gasteiger partial charge in [0.2, 0.25) is 0 Å². The normalized spacial score (nSPS) is 16.9. The number of sulfonamides is 1. The Morgan fingerprint density at radius 3 is 2.53 bits per heavy atom. The number of ketones is 1. The van der Waals surface area contributed by atoms with E-state index >= 15 is 0 Å². The average Bonchev–Trinajstić information content (AvgIpc) is 3.42. The molecule has 9 heteroatoms. The molecule has 0 bridgehead atoms. The number of benzene rings is 2. The molecule has 3 aromatic rings. The van der Waals surface area contributed by atoms with E-state index in [1.165, 1.54) is 10.4 Å². The number of ether oxygens (including phenoxy) is 1. The van der Waals surface area contributed by atoms with Gasteiger partial charge in [0, 0.05) is 18.0 Å². The van der Waals surface area contributed by atoms with Crippen LogP contribution < -0.4 is 4.74 Å². The minimum Gasteiger partial charge on any atom is -0.457 e. The molecule has 1 aromatic heterocycles. The van der Waals surface area contributed by atoms with Gasteiger partial charge in [-0.25, -0.2) is 8.42 Å². The number of aryl methyl sites for hydroxylation is 1. The fourth-order valence-electron chi connectivity index (χ4n) is 3.77. The Labute approximate surface area is 201 Å². The van der Waals surface area contributed by atoms with Crippen LogP contribution in [-0.4, -0.2) is 31.1 Å². The number of hydrogen-bond donors (Lipinski definition) is 0. The van der Waals surface area contributed by atoms with Crippen molar-refractivity contribution in [1.82, 2.24) is 4.31 Å². The molecular weight excluding hydrogens is 489 g/mol. The highest BCUT2D eigenvalue weighted by Gasteiger charge is 2.39. The first-order valence-electron chi connectivity index (χ1n) is 10.2. The smallest absolute Gasteiger partial charge is 0.253 e. The lowest BCUT2D eigenvalue weighted by atomic mass is 10.0. The maximum absolute atomic E-state index is 13.0. The molecule has 1 aliphatic heterocycles. The van der Waals surface area contributed by atoms with Crippen molar-refractivity contribution >= 4 is 50.3 Å². The molecule has 1 fully saturated rings. The van der Waals surface area contributed by atoms with E-state index in [4.69, 9.17) is 27.9 Å². The Kier molecular flexibility index (Phi) is 7.22. The highest BCUT2D eigenvalue weighted by atomic mass is 35.5. The molecule has 1 atom stereocenters. The predicted octanol–water partition coefficient (Wildman–Crippen LogP) is 6.20. The molecule has 1 aliphatic rings. The van der Waals surface area contributed by atoms with E-state index in [9.17, 15) is 13.2 Å². The van der Waals surface area contributed by atoms with E-state index in [-0.39, 0.29) is 16.4 Å². The van der Waals surface area contributed by atoms with Crippen molar-refractivity contribution in [1.29, 1.82) is 0 Å². The average molecular weight is 510 g/mol. The lowest BCUT2D eigenvalue weighted by Gasteiger charge is -2.22. The number of rotatable bonds is 8. The van der Waals surface area contributed by atoms with Crippen molar-refractivity contribution in [2.75, 3.05) is 6.54 Å². The van der Waals surface area contributed by atoms with Crippen molar-refractivity contribution in [3.8, 4) is 11.5 Å². The summed E-state index contributed by atoms with van der Waals surface area (Å²) < 4.78 is 33.7. The zero-order valence-electron chi connectivity index (χ0n) is 17.0. The summed E-state index contributed by atoms with van der Waals surface area (Å²) in [7, 11) is -3.72. The van der Waals surface area contributed by atoms with E-state index in [2.05, 4.69) is 0 Å². The Balaban J connectivity index is 1.41. The van der Waals surface area contributed by atoms with Gasteiger partial charge in [0.15, 0.2) is 5.78 Å². The van der Waals surface area contributed by atoms with Gasteiger partial charge in [-0.3, -0.25) is 4.79 Å². The van der Waals surface area contributed by atoms with Gasteiger partial charge in [-0.15, -0.1) is 11.3 Å². The van der Waals surface area contributed by atoms with Gasteiger partial charge >= 0.3 is 0 Å². The van der Waals surface area contributed by atoms with Crippen molar-refractivity contribution in [2.45, 2.75) is 35.9 Å². The van der Waals surface area contributed by atoms with Crippen LogP contribution in [0, 0.1) is 0 Å². The van der Waals surface area contributed by atoms with E-state index in [0.717, 1.165) is 16.9 Å². The van der Waals surface area contributed by atoms with Gasteiger partial charge in [0.05, 0.1) is 10.4 Å². The third-order valence-electron chi connectivity index (χ3n) is 5.28. The zero-order valence-corrected chi connectivity index (χ0v) is 20.2. The molecule has 168 valence electrons. The molecule has 0 unspecified atom stereocenters. The number of hydrogen-bond acceptors (Lipinski definition) is 5. The summed E-state index contributed by atoms with van der Waals surface area (Å²) in [4.78, 5) is 13.0. The van der Waals surface area contributed by atoms with Gasteiger partial charge in [0.25, 0.3) is 10.0 Å². The molecule has 0 saturated carbocycles. The number of Topliss-reactive ketones (excluding diaryl/α,β-unsaturated/α-hetero) is 1. The van der Waals surface area contributed by atoms with Gasteiger partial charge in [-0.1, -0.05) is 41.4 Å². The van der Waals surface area contributed by atoms with Crippen LogP contribution in [0.1, 0.15) is 24.8 Å². The quantitative estimate of drug-likeness (QED) is 0.362. The lowest BCUT2D eigenvalue weighted by molar-refractivity contribution is -0.122. The third-order valence-corrected chi connectivity index (χ3v) is 9.12. The Morgan fingerprint density at radius 2 is 1.81 bits per heavy atom. The maximum atomic E-state index is 13.0. The molecule has 0 N–H and O–H groups in total. The van der Waals surface area contributed by atoms with Crippen LogP contribution in [0.3, 0.4) is 0 Å². The van der Waals surface area contributed by atoms with Gasteiger partial charge in [0.1, 0.15) is 15.7 Å². The Hall–Kier alpha value is -1.90. The van der Waals surface area contributed by atoms with Crippen LogP contribution in [0.2, 0.25) is 9.36 Å². The second kappa shape index (κ2) is 9.93. The fraction of sp³-hybridized carbons (Fsp3) is 0.261. The van der Waals surface area contributed by atoms with Crippen molar-refractivity contribution in [3.05, 3.63) is 75.6 Å². The SMILES string of the molecule is O=C(CCc1cccc(Oc2cccc(Cl)c2)c1)[C@@H]1CCCN1S(=O)(=O)c1ccc(Cl)s1. The first-order valence-corrected chi connectivity index (χ1v) is 13.2. The summed E-state index contributed by atoms with van der Waals surface area (Å²) in [5, 5.41) is 0.588. The second-order valence-corrected chi connectivity index (χ2v) is 11.8. The molecule has 0 aliphatic carbocycles. The van der Waals surface area contributed by atoms with Gasteiger partial charge in [-0.05, 0) is 67.3 Å². The number of thiophene rings is 1. The number of nitrogens with zero attached hydrogens (tertiary/aromatic N) is 1. The van der Waals surface area contributed by atoms with E-state index in [1.807, 2.05) is 36.4 Å². The topological polar surface area (TPSA) is 63.7 Å². The summed E-state index contributed by atoms with van der Waals surface area (Å²) in [6.45, 7) is 0.344. The number of halogens is 2. The van der Waals surface area contributed by atoms with E-state index in [1.54, 1.807) is 18.2 Å². The fourth-order valence-corrected chi connectivity index (χ4v) is 7.24. The molecule has 4 rings (SSSR count). The minimum absolute atomic E-state index is 0.0742. The van der Waals surface area contributed by atoms with E-state index < -0.39 is 16.1 Å². The first kappa shape index (κ1) is 23.3. The molecule has 2 aromatic carbocycles. The van der Waals surface area contributed by atoms with Crippen LogP contribution in [0.25, 0.3) is 0 Å². The summed E-state index contributed by atoms with van der Waals surface area (Å²) in [5.41, 5.74) is 0.940. The summed E-state index contributed by atoms with van der Waals surface area (Å²) in [5.74, 6) is 1.21. The highest BCUT2D eigenvalue weighted by Crippen LogP contribution is 2.33. The van der Waals surface area contributed by atoms with Gasteiger partial charge < -0.3 is 4.74 Å². The molecule has 0 amide bonds. The monoisotopic (exact) mass is 509 g/mol. The molecule has 1 saturated heterocycles. The molecule has 32 heavy (non-hydrogen) atoms.